The van der Waals surface area contributed by atoms with E-state index in [0.717, 1.165) is 24.5 Å². The number of ether oxygens (including phenoxy) is 2. The van der Waals surface area contributed by atoms with Gasteiger partial charge in [0.1, 0.15) is 11.5 Å². The molecule has 0 aliphatic rings. The van der Waals surface area contributed by atoms with Crippen molar-refractivity contribution in [3.63, 3.8) is 0 Å². The molecule has 0 aliphatic heterocycles. The molecule has 0 saturated heterocycles. The van der Waals surface area contributed by atoms with Gasteiger partial charge in [0, 0.05) is 0 Å². The smallest absolute Gasteiger partial charge is 0.119 e. The Balaban J connectivity index is 2.00. The molecule has 102 valence electrons. The summed E-state index contributed by atoms with van der Waals surface area (Å²) in [5.74, 6) is 1.79. The number of nitrogens with two attached hydrogens (primary N) is 1. The van der Waals surface area contributed by atoms with Crippen LogP contribution < -0.4 is 14.8 Å². The summed E-state index contributed by atoms with van der Waals surface area (Å²) in [5, 5.41) is 2.40. The summed E-state index contributed by atoms with van der Waals surface area (Å²) in [6, 6.07) is 7.75. The van der Waals surface area contributed by atoms with Crippen molar-refractivity contribution in [1.29, 1.82) is 0 Å². The predicted molar refractivity (Wildman–Crippen MR) is 74.3 cm³/mol. The Kier molecular flexibility index (Phi) is 8.06. The topological polar surface area (TPSA) is 35.1 Å². The molecule has 1 rings (SSSR count). The van der Waals surface area contributed by atoms with E-state index in [9.17, 15) is 0 Å². The lowest BCUT2D eigenvalue weighted by atomic mass is 10.3. The normalized spacial score (nSPS) is 10.3. The lowest BCUT2D eigenvalue weighted by Gasteiger charge is -2.06. The molecule has 0 fully saturated rings. The van der Waals surface area contributed by atoms with Crippen molar-refractivity contribution in [3.8, 4) is 11.5 Å². The summed E-state index contributed by atoms with van der Waals surface area (Å²) in [4.78, 5) is 0. The van der Waals surface area contributed by atoms with Crippen molar-refractivity contribution < 1.29 is 14.8 Å². The monoisotopic (exact) mass is 252 g/mol. The van der Waals surface area contributed by atoms with Crippen molar-refractivity contribution in [2.75, 3.05) is 26.8 Å². The van der Waals surface area contributed by atoms with Gasteiger partial charge in [0.25, 0.3) is 0 Å². The van der Waals surface area contributed by atoms with E-state index in [1.165, 1.54) is 32.4 Å². The summed E-state index contributed by atoms with van der Waals surface area (Å²) >= 11 is 0. The second-order valence-electron chi connectivity index (χ2n) is 4.45. The van der Waals surface area contributed by atoms with Gasteiger partial charge in [-0.1, -0.05) is 13.3 Å². The molecule has 1 aromatic rings. The maximum Gasteiger partial charge on any atom is 0.119 e. The van der Waals surface area contributed by atoms with Crippen molar-refractivity contribution >= 4 is 0 Å². The standard InChI is InChI=1S/C15H25NO2/c1-3-4-11-16-12-5-6-13-18-15-9-7-14(17-2)8-10-15/h7-10,16H,3-6,11-13H2,1-2H3/p+1. The molecule has 2 N–H and O–H groups in total. The Morgan fingerprint density at radius 3 is 2.28 bits per heavy atom. The second-order valence-corrected chi connectivity index (χ2v) is 4.45. The Morgan fingerprint density at radius 1 is 0.944 bits per heavy atom. The molecule has 3 heteroatoms. The molecule has 3 nitrogen and oxygen atoms in total. The van der Waals surface area contributed by atoms with Crippen LogP contribution in [0.1, 0.15) is 32.6 Å². The van der Waals surface area contributed by atoms with Gasteiger partial charge in [0.15, 0.2) is 0 Å². The Bertz CT molecular complexity index is 298. The summed E-state index contributed by atoms with van der Waals surface area (Å²) in [5.41, 5.74) is 0. The van der Waals surface area contributed by atoms with E-state index in [0.29, 0.717) is 0 Å². The van der Waals surface area contributed by atoms with Crippen LogP contribution in [0.15, 0.2) is 24.3 Å². The molecule has 0 heterocycles. The Morgan fingerprint density at radius 2 is 1.61 bits per heavy atom. The third-order valence-electron chi connectivity index (χ3n) is 2.89. The zero-order valence-corrected chi connectivity index (χ0v) is 11.7. The first-order valence-electron chi connectivity index (χ1n) is 6.95. The third kappa shape index (κ3) is 6.50. The van der Waals surface area contributed by atoms with Gasteiger partial charge < -0.3 is 14.8 Å². The van der Waals surface area contributed by atoms with Crippen LogP contribution in [0.5, 0.6) is 11.5 Å². The first-order chi connectivity index (χ1) is 8.86. The van der Waals surface area contributed by atoms with Gasteiger partial charge >= 0.3 is 0 Å². The fraction of sp³-hybridized carbons (Fsp3) is 0.600. The number of quaternary nitrogens is 1. The number of methoxy groups -OCH3 is 1. The van der Waals surface area contributed by atoms with E-state index in [1.807, 2.05) is 24.3 Å². The molecule has 0 saturated carbocycles. The van der Waals surface area contributed by atoms with Gasteiger partial charge in [0.2, 0.25) is 0 Å². The number of unbranched alkanes of at least 4 members (excludes halogenated alkanes) is 2. The van der Waals surface area contributed by atoms with Crippen LogP contribution in [0, 0.1) is 0 Å². The highest BCUT2D eigenvalue weighted by Gasteiger charge is 1.96. The van der Waals surface area contributed by atoms with Crippen LogP contribution in [0.4, 0.5) is 0 Å². The summed E-state index contributed by atoms with van der Waals surface area (Å²) in [7, 11) is 1.67. The lowest BCUT2D eigenvalue weighted by Crippen LogP contribution is -2.84. The molecular formula is C15H26NO2+. The minimum atomic E-state index is 0.800. The third-order valence-corrected chi connectivity index (χ3v) is 2.89. The fourth-order valence-electron chi connectivity index (χ4n) is 1.75. The molecule has 1 aromatic carbocycles. The quantitative estimate of drug-likeness (QED) is 0.648. The average Bonchev–Trinajstić information content (AvgIpc) is 2.42. The predicted octanol–water partition coefficient (Wildman–Crippen LogP) is 2.22. The summed E-state index contributed by atoms with van der Waals surface area (Å²) in [6.07, 6.45) is 4.95. The highest BCUT2D eigenvalue weighted by molar-refractivity contribution is 5.30. The molecule has 0 amide bonds. The highest BCUT2D eigenvalue weighted by Crippen LogP contribution is 2.16. The van der Waals surface area contributed by atoms with E-state index in [4.69, 9.17) is 9.47 Å². The minimum Gasteiger partial charge on any atom is -0.497 e. The number of rotatable bonds is 10. The molecular weight excluding hydrogens is 226 g/mol. The van der Waals surface area contributed by atoms with Gasteiger partial charge in [-0.2, -0.15) is 0 Å². The number of hydrogen-bond donors (Lipinski definition) is 1. The molecule has 0 atom stereocenters. The van der Waals surface area contributed by atoms with Crippen molar-refractivity contribution in [2.24, 2.45) is 0 Å². The van der Waals surface area contributed by atoms with Crippen molar-refractivity contribution in [2.45, 2.75) is 32.6 Å². The molecule has 0 unspecified atom stereocenters. The fourth-order valence-corrected chi connectivity index (χ4v) is 1.75. The van der Waals surface area contributed by atoms with Crippen LogP contribution in [-0.4, -0.2) is 26.8 Å². The van der Waals surface area contributed by atoms with E-state index in [2.05, 4.69) is 12.2 Å². The number of hydrogen-bond acceptors (Lipinski definition) is 2. The largest absolute Gasteiger partial charge is 0.497 e. The minimum absolute atomic E-state index is 0.800. The Hall–Kier alpha value is -1.22. The van der Waals surface area contributed by atoms with Crippen LogP contribution in [-0.2, 0) is 0 Å². The zero-order valence-electron chi connectivity index (χ0n) is 11.7. The van der Waals surface area contributed by atoms with E-state index < -0.39 is 0 Å². The van der Waals surface area contributed by atoms with Gasteiger partial charge in [-0.3, -0.25) is 0 Å². The SMILES string of the molecule is CCCC[NH2+]CCCCOc1ccc(OC)cc1. The van der Waals surface area contributed by atoms with Gasteiger partial charge in [-0.05, 0) is 43.5 Å². The molecule has 0 aliphatic carbocycles. The lowest BCUT2D eigenvalue weighted by molar-refractivity contribution is -0.655. The average molecular weight is 252 g/mol. The molecule has 0 bridgehead atoms. The molecule has 0 aromatic heterocycles. The first-order valence-corrected chi connectivity index (χ1v) is 6.95. The maximum atomic E-state index is 5.66. The van der Waals surface area contributed by atoms with E-state index >= 15 is 0 Å². The van der Waals surface area contributed by atoms with Gasteiger partial charge in [-0.15, -0.1) is 0 Å². The summed E-state index contributed by atoms with van der Waals surface area (Å²) < 4.78 is 10.8. The van der Waals surface area contributed by atoms with Gasteiger partial charge in [0.05, 0.1) is 26.8 Å². The Labute approximate surface area is 110 Å². The number of benzene rings is 1. The molecule has 18 heavy (non-hydrogen) atoms. The van der Waals surface area contributed by atoms with Crippen LogP contribution in [0.25, 0.3) is 0 Å². The van der Waals surface area contributed by atoms with Gasteiger partial charge in [-0.25, -0.2) is 0 Å². The zero-order chi connectivity index (χ0) is 13.1. The van der Waals surface area contributed by atoms with E-state index in [-0.39, 0.29) is 0 Å². The summed E-state index contributed by atoms with van der Waals surface area (Å²) in [6.45, 7) is 5.51. The van der Waals surface area contributed by atoms with E-state index in [1.54, 1.807) is 7.11 Å². The first kappa shape index (κ1) is 14.8. The molecule has 0 radical (unpaired) electrons. The second kappa shape index (κ2) is 9.77. The van der Waals surface area contributed by atoms with Crippen LogP contribution >= 0.6 is 0 Å². The van der Waals surface area contributed by atoms with Crippen LogP contribution in [0.3, 0.4) is 0 Å². The van der Waals surface area contributed by atoms with Crippen molar-refractivity contribution in [1.82, 2.24) is 0 Å². The maximum absolute atomic E-state index is 5.66. The van der Waals surface area contributed by atoms with Crippen LogP contribution in [0.2, 0.25) is 0 Å². The molecule has 0 spiro atoms. The van der Waals surface area contributed by atoms with Crippen molar-refractivity contribution in [3.05, 3.63) is 24.3 Å². The highest BCUT2D eigenvalue weighted by atomic mass is 16.5.